The predicted octanol–water partition coefficient (Wildman–Crippen LogP) is 4.29. The van der Waals surface area contributed by atoms with Crippen LogP contribution in [-0.2, 0) is 24.1 Å². The molecule has 0 saturated carbocycles. The fourth-order valence-corrected chi connectivity index (χ4v) is 4.52. The molecule has 5 rings (SSSR count). The number of fused-ring (bicyclic) bond motifs is 1. The van der Waals surface area contributed by atoms with Crippen molar-refractivity contribution in [2.45, 2.75) is 19.4 Å². The zero-order valence-electron chi connectivity index (χ0n) is 18.6. The summed E-state index contributed by atoms with van der Waals surface area (Å²) in [5.74, 6) is 1.22. The van der Waals surface area contributed by atoms with Gasteiger partial charge in [-0.3, -0.25) is 0 Å². The number of halogens is 2. The van der Waals surface area contributed by atoms with Gasteiger partial charge in [0.2, 0.25) is 0 Å². The van der Waals surface area contributed by atoms with Gasteiger partial charge in [-0.2, -0.15) is 0 Å². The maximum Gasteiger partial charge on any atom is 0.322 e. The SMILES string of the molecule is O=C(Nc1cccc(Cl)c1)N1CCc2nc(Cc3cccc(F)c3)nc(N3CCOCC3)c2C1. The fourth-order valence-electron chi connectivity index (χ4n) is 4.33. The molecule has 1 fully saturated rings. The van der Waals surface area contributed by atoms with Crippen LogP contribution in [0.25, 0.3) is 0 Å². The van der Waals surface area contributed by atoms with E-state index in [0.29, 0.717) is 55.7 Å². The Morgan fingerprint density at radius 1 is 1.09 bits per heavy atom. The van der Waals surface area contributed by atoms with Gasteiger partial charge in [-0.15, -0.1) is 0 Å². The third-order valence-corrected chi connectivity index (χ3v) is 6.24. The highest BCUT2D eigenvalue weighted by Crippen LogP contribution is 2.29. The predicted molar refractivity (Wildman–Crippen MR) is 129 cm³/mol. The Balaban J connectivity index is 1.42. The molecule has 0 unspecified atom stereocenters. The molecule has 2 aliphatic heterocycles. The molecule has 176 valence electrons. The topological polar surface area (TPSA) is 70.6 Å². The van der Waals surface area contributed by atoms with Crippen molar-refractivity contribution in [2.24, 2.45) is 0 Å². The molecule has 3 heterocycles. The van der Waals surface area contributed by atoms with Gasteiger partial charge >= 0.3 is 6.03 Å². The van der Waals surface area contributed by atoms with Crippen molar-refractivity contribution in [3.63, 3.8) is 0 Å². The van der Waals surface area contributed by atoms with Crippen molar-refractivity contribution >= 4 is 29.1 Å². The first-order valence-electron chi connectivity index (χ1n) is 11.3. The largest absolute Gasteiger partial charge is 0.378 e. The molecular weight excluding hydrogens is 457 g/mol. The number of carbonyl (C=O) groups is 1. The molecule has 0 radical (unpaired) electrons. The monoisotopic (exact) mass is 481 g/mol. The summed E-state index contributed by atoms with van der Waals surface area (Å²) >= 11 is 6.05. The highest BCUT2D eigenvalue weighted by molar-refractivity contribution is 6.30. The molecule has 2 aliphatic rings. The Morgan fingerprint density at radius 2 is 1.91 bits per heavy atom. The van der Waals surface area contributed by atoms with Crippen LogP contribution in [0.3, 0.4) is 0 Å². The van der Waals surface area contributed by atoms with Gasteiger partial charge in [0.05, 0.1) is 25.5 Å². The van der Waals surface area contributed by atoms with Crippen LogP contribution in [0.1, 0.15) is 22.6 Å². The van der Waals surface area contributed by atoms with Crippen LogP contribution < -0.4 is 10.2 Å². The molecule has 1 N–H and O–H groups in total. The fraction of sp³-hybridized carbons (Fsp3) is 0.320. The lowest BCUT2D eigenvalue weighted by atomic mass is 10.0. The number of ether oxygens (including phenoxy) is 1. The van der Waals surface area contributed by atoms with Crippen LogP contribution in [0, 0.1) is 5.82 Å². The van der Waals surface area contributed by atoms with Crippen LogP contribution in [0.2, 0.25) is 5.02 Å². The minimum Gasteiger partial charge on any atom is -0.378 e. The van der Waals surface area contributed by atoms with Gasteiger partial charge in [-0.05, 0) is 35.9 Å². The molecule has 0 bridgehead atoms. The minimum absolute atomic E-state index is 0.190. The van der Waals surface area contributed by atoms with E-state index >= 15 is 0 Å². The summed E-state index contributed by atoms with van der Waals surface area (Å²) in [5, 5.41) is 3.49. The number of morpholine rings is 1. The Morgan fingerprint density at radius 3 is 2.71 bits per heavy atom. The normalized spacial score (nSPS) is 15.7. The first kappa shape index (κ1) is 22.6. The van der Waals surface area contributed by atoms with E-state index in [1.165, 1.54) is 12.1 Å². The summed E-state index contributed by atoms with van der Waals surface area (Å²) in [6.45, 7) is 3.64. The maximum atomic E-state index is 13.7. The Labute approximate surface area is 202 Å². The van der Waals surface area contributed by atoms with E-state index in [0.717, 1.165) is 35.7 Å². The van der Waals surface area contributed by atoms with Crippen molar-refractivity contribution in [1.82, 2.24) is 14.9 Å². The van der Waals surface area contributed by atoms with Gasteiger partial charge in [0.15, 0.2) is 0 Å². The van der Waals surface area contributed by atoms with Crippen LogP contribution >= 0.6 is 11.6 Å². The first-order chi connectivity index (χ1) is 16.5. The first-order valence-corrected chi connectivity index (χ1v) is 11.7. The van der Waals surface area contributed by atoms with E-state index in [9.17, 15) is 9.18 Å². The van der Waals surface area contributed by atoms with Gasteiger partial charge in [-0.25, -0.2) is 19.2 Å². The molecule has 2 aromatic carbocycles. The molecule has 7 nitrogen and oxygen atoms in total. The number of nitrogens with zero attached hydrogens (tertiary/aromatic N) is 4. The smallest absolute Gasteiger partial charge is 0.322 e. The average molecular weight is 482 g/mol. The quantitative estimate of drug-likeness (QED) is 0.602. The molecule has 9 heteroatoms. The summed E-state index contributed by atoms with van der Waals surface area (Å²) in [5.41, 5.74) is 3.37. The number of nitrogens with one attached hydrogen (secondary N) is 1. The highest BCUT2D eigenvalue weighted by atomic mass is 35.5. The minimum atomic E-state index is -0.273. The lowest BCUT2D eigenvalue weighted by Gasteiger charge is -2.34. The Kier molecular flexibility index (Phi) is 6.60. The number of hydrogen-bond donors (Lipinski definition) is 1. The van der Waals surface area contributed by atoms with Crippen molar-refractivity contribution < 1.29 is 13.9 Å². The molecule has 3 aromatic rings. The molecule has 0 atom stereocenters. The number of anilines is 2. The Bertz CT molecular complexity index is 1200. The van der Waals surface area contributed by atoms with Gasteiger partial charge < -0.3 is 19.9 Å². The lowest BCUT2D eigenvalue weighted by Crippen LogP contribution is -2.42. The van der Waals surface area contributed by atoms with Gasteiger partial charge in [0, 0.05) is 48.7 Å². The molecule has 0 spiro atoms. The van der Waals surface area contributed by atoms with Crippen LogP contribution in [-0.4, -0.2) is 53.7 Å². The lowest BCUT2D eigenvalue weighted by molar-refractivity contribution is 0.122. The van der Waals surface area contributed by atoms with Crippen molar-refractivity contribution in [3.05, 3.63) is 82.0 Å². The van der Waals surface area contributed by atoms with E-state index in [1.54, 1.807) is 29.2 Å². The number of aromatic nitrogens is 2. The second-order valence-electron chi connectivity index (χ2n) is 8.41. The second-order valence-corrected chi connectivity index (χ2v) is 8.84. The summed E-state index contributed by atoms with van der Waals surface area (Å²) in [6, 6.07) is 13.4. The maximum absolute atomic E-state index is 13.7. The number of urea groups is 1. The van der Waals surface area contributed by atoms with Gasteiger partial charge in [-0.1, -0.05) is 29.8 Å². The third kappa shape index (κ3) is 5.13. The van der Waals surface area contributed by atoms with E-state index in [2.05, 4.69) is 10.2 Å². The average Bonchev–Trinajstić information content (AvgIpc) is 2.84. The van der Waals surface area contributed by atoms with Gasteiger partial charge in [0.25, 0.3) is 0 Å². The highest BCUT2D eigenvalue weighted by Gasteiger charge is 2.28. The zero-order chi connectivity index (χ0) is 23.5. The molecule has 0 aliphatic carbocycles. The summed E-state index contributed by atoms with van der Waals surface area (Å²) < 4.78 is 19.2. The summed E-state index contributed by atoms with van der Waals surface area (Å²) in [4.78, 5) is 26.6. The van der Waals surface area contributed by atoms with E-state index in [-0.39, 0.29) is 11.8 Å². The van der Waals surface area contributed by atoms with Gasteiger partial charge in [0.1, 0.15) is 17.5 Å². The standard InChI is InChI=1S/C25H25ClFN5O2/c26-18-4-2-6-20(15-18)28-25(33)32-8-7-22-21(16-32)24(31-9-11-34-12-10-31)30-23(29-22)14-17-3-1-5-19(27)13-17/h1-6,13,15H,7-12,14,16H2,(H,28,33). The van der Waals surface area contributed by atoms with E-state index in [4.69, 9.17) is 26.3 Å². The van der Waals surface area contributed by atoms with Crippen LogP contribution in [0.4, 0.5) is 20.7 Å². The Hall–Kier alpha value is -3.23. The molecule has 2 amide bonds. The number of rotatable bonds is 4. The number of carbonyl (C=O) groups excluding carboxylic acids is 1. The third-order valence-electron chi connectivity index (χ3n) is 6.01. The van der Waals surface area contributed by atoms with E-state index in [1.807, 2.05) is 12.1 Å². The van der Waals surface area contributed by atoms with Crippen molar-refractivity contribution in [3.8, 4) is 0 Å². The zero-order valence-corrected chi connectivity index (χ0v) is 19.4. The molecule has 34 heavy (non-hydrogen) atoms. The van der Waals surface area contributed by atoms with Crippen LogP contribution in [0.15, 0.2) is 48.5 Å². The second kappa shape index (κ2) is 9.95. The summed E-state index contributed by atoms with van der Waals surface area (Å²) in [7, 11) is 0. The number of amides is 2. The molecule has 1 saturated heterocycles. The van der Waals surface area contributed by atoms with Crippen LogP contribution in [0.5, 0.6) is 0 Å². The van der Waals surface area contributed by atoms with E-state index < -0.39 is 0 Å². The number of benzene rings is 2. The molecule has 1 aromatic heterocycles. The molecular formula is C25H25ClFN5O2. The summed E-state index contributed by atoms with van der Waals surface area (Å²) in [6.07, 6.45) is 1.07. The van der Waals surface area contributed by atoms with Crippen molar-refractivity contribution in [1.29, 1.82) is 0 Å². The number of hydrogen-bond acceptors (Lipinski definition) is 5. The van der Waals surface area contributed by atoms with Crippen molar-refractivity contribution in [2.75, 3.05) is 43.1 Å².